The van der Waals surface area contributed by atoms with Gasteiger partial charge in [-0.15, -0.1) is 0 Å². The lowest BCUT2D eigenvalue weighted by atomic mass is 10.4. The predicted molar refractivity (Wildman–Crippen MR) is 38.9 cm³/mol. The molecule has 0 aliphatic carbocycles. The number of carbonyl (C=O) groups excluding carboxylic acids is 1. The fraction of sp³-hybridized carbons (Fsp3) is 0.167. The van der Waals surface area contributed by atoms with E-state index < -0.39 is 5.91 Å². The van der Waals surface area contributed by atoms with Crippen LogP contribution in [0, 0.1) is 0 Å². The number of halogens is 1. The zero-order valence-corrected chi connectivity index (χ0v) is 6.22. The highest BCUT2D eigenvalue weighted by Gasteiger charge is 2.05. The first-order valence-corrected chi connectivity index (χ1v) is 3.11. The molecule has 1 aromatic rings. The Hall–Kier alpha value is -0.960. The number of hydrogen-bond donors (Lipinski definition) is 1. The molecule has 1 aromatic heterocycles. The van der Waals surface area contributed by atoms with Crippen molar-refractivity contribution in [3.63, 3.8) is 0 Å². The first kappa shape index (κ1) is 7.15. The van der Waals surface area contributed by atoms with E-state index in [-0.39, 0.29) is 0 Å². The van der Waals surface area contributed by atoms with Crippen LogP contribution in [0.2, 0.25) is 5.15 Å². The van der Waals surface area contributed by atoms with Gasteiger partial charge in [-0.1, -0.05) is 11.6 Å². The summed E-state index contributed by atoms with van der Waals surface area (Å²) >= 11 is 5.63. The fourth-order valence-electron chi connectivity index (χ4n) is 0.734. The number of carbonyl (C=O) groups is 1. The van der Waals surface area contributed by atoms with Crippen molar-refractivity contribution in [2.75, 3.05) is 0 Å². The van der Waals surface area contributed by atoms with Crippen molar-refractivity contribution in [3.8, 4) is 0 Å². The first-order valence-electron chi connectivity index (χ1n) is 2.74. The number of nitrogens with zero attached hydrogens (tertiary/aromatic N) is 1. The van der Waals surface area contributed by atoms with E-state index in [1.807, 2.05) is 0 Å². The van der Waals surface area contributed by atoms with Gasteiger partial charge in [-0.05, 0) is 12.1 Å². The molecule has 0 fully saturated rings. The van der Waals surface area contributed by atoms with E-state index in [4.69, 9.17) is 17.3 Å². The highest BCUT2D eigenvalue weighted by atomic mass is 35.5. The van der Waals surface area contributed by atoms with E-state index in [1.165, 1.54) is 4.57 Å². The van der Waals surface area contributed by atoms with Gasteiger partial charge in [0.1, 0.15) is 10.8 Å². The van der Waals surface area contributed by atoms with Crippen molar-refractivity contribution in [3.05, 3.63) is 23.0 Å². The molecule has 10 heavy (non-hydrogen) atoms. The summed E-state index contributed by atoms with van der Waals surface area (Å²) < 4.78 is 1.53. The molecule has 0 aliphatic rings. The van der Waals surface area contributed by atoms with Crippen LogP contribution < -0.4 is 5.73 Å². The normalized spacial score (nSPS) is 9.80. The molecule has 0 aliphatic heterocycles. The fourth-order valence-corrected chi connectivity index (χ4v) is 0.888. The van der Waals surface area contributed by atoms with Gasteiger partial charge in [0.05, 0.1) is 0 Å². The quantitative estimate of drug-likeness (QED) is 0.645. The molecule has 0 aromatic carbocycles. The van der Waals surface area contributed by atoms with E-state index in [2.05, 4.69) is 0 Å². The van der Waals surface area contributed by atoms with Crippen molar-refractivity contribution in [2.45, 2.75) is 0 Å². The lowest BCUT2D eigenvalue weighted by molar-refractivity contribution is 0.0992. The van der Waals surface area contributed by atoms with Crippen LogP contribution in [0.1, 0.15) is 10.5 Å². The molecule has 3 nitrogen and oxygen atoms in total. The molecule has 0 saturated heterocycles. The minimum atomic E-state index is -0.464. The summed E-state index contributed by atoms with van der Waals surface area (Å²) in [5, 5.41) is 0.508. The Morgan fingerprint density at radius 1 is 1.70 bits per heavy atom. The minimum absolute atomic E-state index is 0.421. The van der Waals surface area contributed by atoms with Crippen molar-refractivity contribution in [1.82, 2.24) is 4.57 Å². The smallest absolute Gasteiger partial charge is 0.265 e. The molecule has 4 heteroatoms. The van der Waals surface area contributed by atoms with Crippen LogP contribution in [0.3, 0.4) is 0 Å². The van der Waals surface area contributed by atoms with E-state index in [1.54, 1.807) is 19.2 Å². The largest absolute Gasteiger partial charge is 0.364 e. The molecule has 0 atom stereocenters. The number of hydrogen-bond acceptors (Lipinski definition) is 1. The van der Waals surface area contributed by atoms with Gasteiger partial charge in [0, 0.05) is 7.05 Å². The highest BCUT2D eigenvalue weighted by Crippen LogP contribution is 2.11. The maximum atomic E-state index is 10.6. The third kappa shape index (κ3) is 0.998. The van der Waals surface area contributed by atoms with Crippen LogP contribution in [-0.2, 0) is 7.05 Å². The number of nitrogens with two attached hydrogens (primary N) is 1. The topological polar surface area (TPSA) is 48.0 Å². The Balaban J connectivity index is 3.17. The van der Waals surface area contributed by atoms with Gasteiger partial charge in [-0.3, -0.25) is 4.79 Å². The molecule has 0 spiro atoms. The minimum Gasteiger partial charge on any atom is -0.364 e. The van der Waals surface area contributed by atoms with Crippen LogP contribution in [0.25, 0.3) is 0 Å². The Morgan fingerprint density at radius 3 is 2.50 bits per heavy atom. The lowest BCUT2D eigenvalue weighted by Crippen LogP contribution is -2.14. The van der Waals surface area contributed by atoms with Gasteiger partial charge in [0.2, 0.25) is 0 Å². The van der Waals surface area contributed by atoms with Gasteiger partial charge in [-0.25, -0.2) is 0 Å². The second kappa shape index (κ2) is 2.34. The predicted octanol–water partition coefficient (Wildman–Crippen LogP) is 0.777. The van der Waals surface area contributed by atoms with E-state index >= 15 is 0 Å². The third-order valence-corrected chi connectivity index (χ3v) is 1.69. The summed E-state index contributed by atoms with van der Waals surface area (Å²) in [7, 11) is 1.68. The number of aromatic nitrogens is 1. The maximum absolute atomic E-state index is 10.6. The Kier molecular flexibility index (Phi) is 1.68. The van der Waals surface area contributed by atoms with Crippen LogP contribution in [0.4, 0.5) is 0 Å². The third-order valence-electron chi connectivity index (χ3n) is 1.31. The molecule has 1 heterocycles. The second-order valence-electron chi connectivity index (χ2n) is 1.96. The standard InChI is InChI=1S/C6H7ClN2O/c1-9-4(6(8)10)2-3-5(9)7/h2-3H,1H3,(H2,8,10). The van der Waals surface area contributed by atoms with Crippen molar-refractivity contribution in [2.24, 2.45) is 12.8 Å². The van der Waals surface area contributed by atoms with Crippen LogP contribution in [0.15, 0.2) is 12.1 Å². The van der Waals surface area contributed by atoms with Gasteiger partial charge < -0.3 is 10.3 Å². The number of rotatable bonds is 1. The maximum Gasteiger partial charge on any atom is 0.265 e. The number of primary amides is 1. The summed E-state index contributed by atoms with van der Waals surface area (Å²) in [6.45, 7) is 0. The summed E-state index contributed by atoms with van der Waals surface area (Å²) in [4.78, 5) is 10.6. The van der Waals surface area contributed by atoms with Crippen LogP contribution >= 0.6 is 11.6 Å². The molecule has 54 valence electrons. The zero-order valence-electron chi connectivity index (χ0n) is 5.47. The average molecular weight is 159 g/mol. The summed E-state index contributed by atoms with van der Waals surface area (Å²) in [6.07, 6.45) is 0. The highest BCUT2D eigenvalue weighted by molar-refractivity contribution is 6.30. The molecule has 2 N–H and O–H groups in total. The molecule has 0 bridgehead atoms. The SMILES string of the molecule is Cn1c(Cl)ccc1C(N)=O. The van der Waals surface area contributed by atoms with Crippen molar-refractivity contribution < 1.29 is 4.79 Å². The lowest BCUT2D eigenvalue weighted by Gasteiger charge is -1.97. The molecule has 1 rings (SSSR count). The second-order valence-corrected chi connectivity index (χ2v) is 2.35. The molecule has 0 unspecified atom stereocenters. The molecular formula is C6H7ClN2O. The van der Waals surface area contributed by atoms with Crippen molar-refractivity contribution >= 4 is 17.5 Å². The molecular weight excluding hydrogens is 152 g/mol. The molecule has 0 radical (unpaired) electrons. The molecule has 1 amide bonds. The van der Waals surface area contributed by atoms with Gasteiger partial charge in [0.15, 0.2) is 0 Å². The van der Waals surface area contributed by atoms with Gasteiger partial charge in [0.25, 0.3) is 5.91 Å². The van der Waals surface area contributed by atoms with Gasteiger partial charge in [-0.2, -0.15) is 0 Å². The van der Waals surface area contributed by atoms with Crippen LogP contribution in [-0.4, -0.2) is 10.5 Å². The summed E-state index contributed by atoms with van der Waals surface area (Å²) in [6, 6.07) is 3.21. The summed E-state index contributed by atoms with van der Waals surface area (Å²) in [5.74, 6) is -0.464. The summed E-state index contributed by atoms with van der Waals surface area (Å²) in [5.41, 5.74) is 5.43. The number of amides is 1. The Labute approximate surface area is 63.4 Å². The molecule has 0 saturated carbocycles. The first-order chi connectivity index (χ1) is 4.63. The monoisotopic (exact) mass is 158 g/mol. The Morgan fingerprint density at radius 2 is 2.30 bits per heavy atom. The average Bonchev–Trinajstić information content (AvgIpc) is 2.14. The van der Waals surface area contributed by atoms with Crippen molar-refractivity contribution in [1.29, 1.82) is 0 Å². The van der Waals surface area contributed by atoms with E-state index in [9.17, 15) is 4.79 Å². The Bertz CT molecular complexity index is 267. The van der Waals surface area contributed by atoms with E-state index in [0.29, 0.717) is 10.8 Å². The van der Waals surface area contributed by atoms with E-state index in [0.717, 1.165) is 0 Å². The van der Waals surface area contributed by atoms with Crippen LogP contribution in [0.5, 0.6) is 0 Å². The van der Waals surface area contributed by atoms with Gasteiger partial charge >= 0.3 is 0 Å². The zero-order chi connectivity index (χ0) is 7.72.